The average Bonchev–Trinajstić information content (AvgIpc) is 3.32. The van der Waals surface area contributed by atoms with Crippen molar-refractivity contribution in [3.63, 3.8) is 0 Å². The second-order valence-corrected chi connectivity index (χ2v) is 11.7. The van der Waals surface area contributed by atoms with Crippen LogP contribution in [0.1, 0.15) is 67.1 Å². The Morgan fingerprint density at radius 1 is 1.00 bits per heavy atom. The second-order valence-electron chi connectivity index (χ2n) is 11.7. The van der Waals surface area contributed by atoms with Gasteiger partial charge in [-0.15, -0.1) is 0 Å². The lowest BCUT2D eigenvalue weighted by Crippen LogP contribution is -2.41. The topological polar surface area (TPSA) is 85.5 Å². The fourth-order valence-corrected chi connectivity index (χ4v) is 4.27. The van der Waals surface area contributed by atoms with Gasteiger partial charge in [-0.25, -0.2) is 9.78 Å². The number of H-pyrrole nitrogens is 1. The zero-order valence-electron chi connectivity index (χ0n) is 21.6. The predicted molar refractivity (Wildman–Crippen MR) is 138 cm³/mol. The fourth-order valence-electron chi connectivity index (χ4n) is 4.27. The van der Waals surface area contributed by atoms with Crippen LogP contribution in [0.4, 0.5) is 4.79 Å². The minimum Gasteiger partial charge on any atom is -0.444 e. The van der Waals surface area contributed by atoms with E-state index in [1.165, 1.54) is 0 Å². The number of hydrogen-bond acceptors (Lipinski definition) is 5. The van der Waals surface area contributed by atoms with Crippen LogP contribution < -0.4 is 10.8 Å². The second kappa shape index (κ2) is 7.83. The van der Waals surface area contributed by atoms with E-state index in [4.69, 9.17) is 19.0 Å². The van der Waals surface area contributed by atoms with Gasteiger partial charge in [-0.1, -0.05) is 30.3 Å². The van der Waals surface area contributed by atoms with E-state index in [1.807, 2.05) is 26.8 Å². The Morgan fingerprint density at radius 2 is 1.60 bits per heavy atom. The van der Waals surface area contributed by atoms with Gasteiger partial charge < -0.3 is 24.3 Å². The van der Waals surface area contributed by atoms with Crippen LogP contribution in [0.25, 0.3) is 22.2 Å². The highest BCUT2D eigenvalue weighted by molar-refractivity contribution is 6.62. The number of ether oxygens (including phenoxy) is 1. The molecule has 35 heavy (non-hydrogen) atoms. The minimum absolute atomic E-state index is 0.364. The molecule has 3 aromatic rings. The third kappa shape index (κ3) is 4.57. The molecule has 2 aliphatic rings. The fraction of sp³-hybridized carbons (Fsp3) is 0.481. The summed E-state index contributed by atoms with van der Waals surface area (Å²) in [6.45, 7) is 13.8. The van der Waals surface area contributed by atoms with Crippen LogP contribution >= 0.6 is 0 Å². The summed E-state index contributed by atoms with van der Waals surface area (Å²) in [6.07, 6.45) is 1.25. The van der Waals surface area contributed by atoms with Gasteiger partial charge in [-0.2, -0.15) is 0 Å². The maximum absolute atomic E-state index is 12.3. The van der Waals surface area contributed by atoms with Gasteiger partial charge in [-0.05, 0) is 90.0 Å². The molecule has 1 amide bonds. The number of imidazole rings is 1. The molecule has 1 saturated heterocycles. The molecule has 1 saturated carbocycles. The quantitative estimate of drug-likeness (QED) is 0.517. The van der Waals surface area contributed by atoms with Crippen LogP contribution in [0.15, 0.2) is 42.5 Å². The standard InChI is InChI=1S/C27H34BN3O4/c1-24(2,3)33-23(32)31-27(14-15-27)22-29-20-13-10-18(16-21(20)30-22)17-8-11-19(12-9-17)28-34-25(4,5)26(6,7)35-28/h8-13,16H,14-15H2,1-7H3,(H,29,30)(H,31,32). The van der Waals surface area contributed by atoms with Crippen molar-refractivity contribution >= 4 is 29.7 Å². The van der Waals surface area contributed by atoms with Gasteiger partial charge in [0.15, 0.2) is 0 Å². The Hall–Kier alpha value is -2.84. The third-order valence-corrected chi connectivity index (χ3v) is 7.19. The smallest absolute Gasteiger partial charge is 0.444 e. The van der Waals surface area contributed by atoms with Crippen molar-refractivity contribution in [3.8, 4) is 11.1 Å². The van der Waals surface area contributed by atoms with E-state index >= 15 is 0 Å². The van der Waals surface area contributed by atoms with E-state index in [2.05, 4.69) is 74.4 Å². The van der Waals surface area contributed by atoms with E-state index in [0.29, 0.717) is 0 Å². The highest BCUT2D eigenvalue weighted by atomic mass is 16.7. The number of carbonyl (C=O) groups is 1. The van der Waals surface area contributed by atoms with Crippen molar-refractivity contribution in [2.75, 3.05) is 0 Å². The molecule has 0 atom stereocenters. The van der Waals surface area contributed by atoms with Crippen LogP contribution in [0.3, 0.4) is 0 Å². The number of fused-ring (bicyclic) bond motifs is 1. The minimum atomic E-state index is -0.541. The van der Waals surface area contributed by atoms with E-state index in [-0.39, 0.29) is 18.3 Å². The summed E-state index contributed by atoms with van der Waals surface area (Å²) < 4.78 is 17.8. The van der Waals surface area contributed by atoms with Crippen molar-refractivity contribution < 1.29 is 18.8 Å². The first kappa shape index (κ1) is 23.9. The number of aromatic nitrogens is 2. The van der Waals surface area contributed by atoms with Crippen LogP contribution in [-0.2, 0) is 19.6 Å². The van der Waals surface area contributed by atoms with Gasteiger partial charge in [0, 0.05) is 0 Å². The number of benzene rings is 2. The Bertz CT molecular complexity index is 1250. The predicted octanol–water partition coefficient (Wildman–Crippen LogP) is 5.04. The first-order valence-electron chi connectivity index (χ1n) is 12.2. The molecular weight excluding hydrogens is 441 g/mol. The molecule has 0 bridgehead atoms. The maximum Gasteiger partial charge on any atom is 0.494 e. The number of amides is 1. The zero-order chi connectivity index (χ0) is 25.2. The highest BCUT2D eigenvalue weighted by Crippen LogP contribution is 2.45. The number of rotatable bonds is 4. The molecule has 2 heterocycles. The number of nitrogens with zero attached hydrogens (tertiary/aromatic N) is 1. The van der Waals surface area contributed by atoms with Crippen LogP contribution in [0, 0.1) is 0 Å². The number of carbonyl (C=O) groups excluding carboxylic acids is 1. The van der Waals surface area contributed by atoms with Gasteiger partial charge in [0.2, 0.25) is 0 Å². The molecule has 184 valence electrons. The lowest BCUT2D eigenvalue weighted by molar-refractivity contribution is 0.00578. The van der Waals surface area contributed by atoms with Crippen molar-refractivity contribution in [2.45, 2.75) is 83.6 Å². The number of hydrogen-bond donors (Lipinski definition) is 2. The lowest BCUT2D eigenvalue weighted by atomic mass is 9.78. The van der Waals surface area contributed by atoms with E-state index < -0.39 is 17.2 Å². The van der Waals surface area contributed by atoms with Crippen LogP contribution in [0.2, 0.25) is 0 Å². The Kier molecular flexibility index (Phi) is 5.35. The molecule has 2 N–H and O–H groups in total. The van der Waals surface area contributed by atoms with Crippen molar-refractivity contribution in [2.24, 2.45) is 0 Å². The summed E-state index contributed by atoms with van der Waals surface area (Å²) in [5.74, 6) is 0.770. The molecule has 0 spiro atoms. The zero-order valence-corrected chi connectivity index (χ0v) is 21.6. The molecule has 1 aliphatic carbocycles. The van der Waals surface area contributed by atoms with E-state index in [1.54, 1.807) is 0 Å². The number of aromatic amines is 1. The summed E-state index contributed by atoms with van der Waals surface area (Å²) in [5, 5.41) is 3.01. The summed E-state index contributed by atoms with van der Waals surface area (Å²) in [7, 11) is -0.376. The van der Waals surface area contributed by atoms with E-state index in [9.17, 15) is 4.79 Å². The van der Waals surface area contributed by atoms with Crippen molar-refractivity contribution in [1.82, 2.24) is 15.3 Å². The largest absolute Gasteiger partial charge is 0.494 e. The molecule has 7 nitrogen and oxygen atoms in total. The summed E-state index contributed by atoms with van der Waals surface area (Å²) >= 11 is 0. The van der Waals surface area contributed by atoms with Gasteiger partial charge >= 0.3 is 13.2 Å². The van der Waals surface area contributed by atoms with Crippen molar-refractivity contribution in [1.29, 1.82) is 0 Å². The molecule has 5 rings (SSSR count). The Morgan fingerprint density at radius 3 is 2.17 bits per heavy atom. The molecule has 1 aliphatic heterocycles. The highest BCUT2D eigenvalue weighted by Gasteiger charge is 2.52. The Labute approximate surface area is 207 Å². The van der Waals surface area contributed by atoms with Gasteiger partial charge in [0.05, 0.1) is 22.2 Å². The number of nitrogens with one attached hydrogen (secondary N) is 2. The third-order valence-electron chi connectivity index (χ3n) is 7.19. The van der Waals surface area contributed by atoms with Gasteiger partial charge in [0.25, 0.3) is 0 Å². The Balaban J connectivity index is 1.34. The number of alkyl carbamates (subject to hydrolysis) is 1. The lowest BCUT2D eigenvalue weighted by Gasteiger charge is -2.32. The van der Waals surface area contributed by atoms with E-state index in [0.717, 1.165) is 46.3 Å². The molecular formula is C27H34BN3O4. The van der Waals surface area contributed by atoms with Gasteiger partial charge in [0.1, 0.15) is 17.0 Å². The summed E-state index contributed by atoms with van der Waals surface area (Å²) in [6, 6.07) is 14.5. The molecule has 0 unspecified atom stereocenters. The molecule has 2 fully saturated rings. The molecule has 8 heteroatoms. The molecule has 2 aromatic carbocycles. The average molecular weight is 475 g/mol. The first-order valence-corrected chi connectivity index (χ1v) is 12.2. The first-order chi connectivity index (χ1) is 16.3. The van der Waals surface area contributed by atoms with Crippen molar-refractivity contribution in [3.05, 3.63) is 48.3 Å². The normalized spacial score (nSPS) is 20.1. The van der Waals surface area contributed by atoms with Crippen LogP contribution in [-0.4, -0.2) is 40.0 Å². The monoisotopic (exact) mass is 475 g/mol. The van der Waals surface area contributed by atoms with Gasteiger partial charge in [-0.3, -0.25) is 0 Å². The summed E-state index contributed by atoms with van der Waals surface area (Å²) in [4.78, 5) is 20.5. The molecule has 0 radical (unpaired) electrons. The van der Waals surface area contributed by atoms with Crippen LogP contribution in [0.5, 0.6) is 0 Å². The SMILES string of the molecule is CC(C)(C)OC(=O)NC1(c2nc3ccc(-c4ccc(B5OC(C)(C)C(C)(C)O5)cc4)cc3[nH]2)CC1. The molecule has 1 aromatic heterocycles. The summed E-state index contributed by atoms with van der Waals surface area (Å²) in [5.41, 5.74) is 3.23. The maximum atomic E-state index is 12.3.